The number of piperidine rings is 1. The first-order valence-electron chi connectivity index (χ1n) is 7.87. The first-order valence-corrected chi connectivity index (χ1v) is 7.87. The van der Waals surface area contributed by atoms with Gasteiger partial charge >= 0.3 is 0 Å². The Morgan fingerprint density at radius 3 is 3.10 bits per heavy atom. The van der Waals surface area contributed by atoms with Crippen LogP contribution in [-0.4, -0.2) is 48.6 Å². The molecule has 2 saturated heterocycles. The zero-order chi connectivity index (χ0) is 13.9. The number of nitrogens with zero attached hydrogens (tertiary/aromatic N) is 3. The molecule has 4 heteroatoms. The fourth-order valence-electron chi connectivity index (χ4n) is 3.70. The van der Waals surface area contributed by atoms with Crippen molar-refractivity contribution in [3.05, 3.63) is 24.0 Å². The normalized spacial score (nSPS) is 27.4. The van der Waals surface area contributed by atoms with Gasteiger partial charge in [0.15, 0.2) is 0 Å². The van der Waals surface area contributed by atoms with Crippen LogP contribution in [0.5, 0.6) is 0 Å². The van der Waals surface area contributed by atoms with Crippen LogP contribution in [0.1, 0.15) is 31.7 Å². The maximum Gasteiger partial charge on any atom is 0.0601 e. The van der Waals surface area contributed by atoms with E-state index in [1.165, 1.54) is 43.6 Å². The van der Waals surface area contributed by atoms with E-state index in [0.29, 0.717) is 6.04 Å². The smallest absolute Gasteiger partial charge is 0.0601 e. The quantitative estimate of drug-likeness (QED) is 0.912. The lowest BCUT2D eigenvalue weighted by Gasteiger charge is -2.48. The Morgan fingerprint density at radius 2 is 2.25 bits per heavy atom. The van der Waals surface area contributed by atoms with Crippen LogP contribution in [0.4, 0.5) is 5.69 Å². The predicted molar refractivity (Wildman–Crippen MR) is 83.0 cm³/mol. The Kier molecular flexibility index (Phi) is 4.22. The van der Waals surface area contributed by atoms with Crippen molar-refractivity contribution in [3.63, 3.8) is 0 Å². The van der Waals surface area contributed by atoms with Gasteiger partial charge in [0.2, 0.25) is 0 Å². The Bertz CT molecular complexity index is 448. The molecule has 0 radical (unpaired) electrons. The largest absolute Gasteiger partial charge is 0.364 e. The third-order valence-corrected chi connectivity index (χ3v) is 4.75. The predicted octanol–water partition coefficient (Wildman–Crippen LogP) is 1.86. The number of piperazine rings is 1. The van der Waals surface area contributed by atoms with Crippen molar-refractivity contribution in [2.45, 2.75) is 44.8 Å². The molecule has 2 aliphatic rings. The molecule has 4 nitrogen and oxygen atoms in total. The van der Waals surface area contributed by atoms with Crippen molar-refractivity contribution < 1.29 is 0 Å². The standard InChI is InChI=1S/C16H26N4/c1-13-11-19-8-4-3-5-15(19)12-20(13)16-10-18-7-6-14(16)9-17-2/h6-7,10,13,15,17H,3-5,8-9,11-12H2,1-2H3. The van der Waals surface area contributed by atoms with Gasteiger partial charge in [-0.2, -0.15) is 0 Å². The summed E-state index contributed by atoms with van der Waals surface area (Å²) in [6, 6.07) is 3.46. The van der Waals surface area contributed by atoms with Gasteiger partial charge in [-0.25, -0.2) is 0 Å². The molecule has 110 valence electrons. The highest BCUT2D eigenvalue weighted by Gasteiger charge is 2.33. The van der Waals surface area contributed by atoms with Crippen molar-refractivity contribution in [1.82, 2.24) is 15.2 Å². The molecule has 0 bridgehead atoms. The van der Waals surface area contributed by atoms with Crippen LogP contribution in [0.15, 0.2) is 18.5 Å². The van der Waals surface area contributed by atoms with E-state index in [-0.39, 0.29) is 0 Å². The minimum Gasteiger partial charge on any atom is -0.364 e. The number of hydrogen-bond acceptors (Lipinski definition) is 4. The fourth-order valence-corrected chi connectivity index (χ4v) is 3.70. The number of rotatable bonds is 3. The Hall–Kier alpha value is -1.13. The summed E-state index contributed by atoms with van der Waals surface area (Å²) in [5, 5.41) is 3.27. The molecule has 3 heterocycles. The molecule has 0 aromatic carbocycles. The van der Waals surface area contributed by atoms with Crippen molar-refractivity contribution in [2.75, 3.05) is 31.6 Å². The van der Waals surface area contributed by atoms with Crippen LogP contribution in [0, 0.1) is 0 Å². The molecule has 0 aliphatic carbocycles. The molecular weight excluding hydrogens is 248 g/mol. The van der Waals surface area contributed by atoms with Gasteiger partial charge in [-0.05, 0) is 45.0 Å². The molecule has 2 fully saturated rings. The molecule has 0 spiro atoms. The van der Waals surface area contributed by atoms with Crippen LogP contribution < -0.4 is 10.2 Å². The van der Waals surface area contributed by atoms with Gasteiger partial charge < -0.3 is 10.2 Å². The summed E-state index contributed by atoms with van der Waals surface area (Å²) in [6.45, 7) is 6.90. The highest BCUT2D eigenvalue weighted by atomic mass is 15.3. The zero-order valence-electron chi connectivity index (χ0n) is 12.7. The van der Waals surface area contributed by atoms with Crippen LogP contribution in [0.2, 0.25) is 0 Å². The summed E-state index contributed by atoms with van der Waals surface area (Å²) in [7, 11) is 2.01. The summed E-state index contributed by atoms with van der Waals surface area (Å²) in [6.07, 6.45) is 8.06. The molecule has 20 heavy (non-hydrogen) atoms. The number of anilines is 1. The molecule has 2 atom stereocenters. The topological polar surface area (TPSA) is 31.4 Å². The molecule has 0 amide bonds. The third kappa shape index (κ3) is 2.67. The van der Waals surface area contributed by atoms with Crippen LogP contribution in [-0.2, 0) is 6.54 Å². The summed E-state index contributed by atoms with van der Waals surface area (Å²) in [4.78, 5) is 9.63. The highest BCUT2D eigenvalue weighted by Crippen LogP contribution is 2.29. The van der Waals surface area contributed by atoms with E-state index in [1.807, 2.05) is 19.4 Å². The van der Waals surface area contributed by atoms with Gasteiger partial charge in [0.05, 0.1) is 11.9 Å². The lowest BCUT2D eigenvalue weighted by atomic mass is 9.96. The molecule has 1 aromatic rings. The van der Waals surface area contributed by atoms with Crippen LogP contribution >= 0.6 is 0 Å². The van der Waals surface area contributed by atoms with E-state index < -0.39 is 0 Å². The SMILES string of the molecule is CNCc1ccncc1N1CC2CCCCN2CC1C. The van der Waals surface area contributed by atoms with E-state index in [1.54, 1.807) is 0 Å². The number of fused-ring (bicyclic) bond motifs is 1. The van der Waals surface area contributed by atoms with Gasteiger partial charge in [0.1, 0.15) is 0 Å². The second-order valence-electron chi connectivity index (χ2n) is 6.18. The highest BCUT2D eigenvalue weighted by molar-refractivity contribution is 5.53. The maximum atomic E-state index is 4.36. The molecule has 0 saturated carbocycles. The molecule has 1 aromatic heterocycles. The van der Waals surface area contributed by atoms with E-state index in [0.717, 1.165) is 19.1 Å². The third-order valence-electron chi connectivity index (χ3n) is 4.75. The zero-order valence-corrected chi connectivity index (χ0v) is 12.7. The maximum absolute atomic E-state index is 4.36. The lowest BCUT2D eigenvalue weighted by Crippen LogP contribution is -2.59. The Morgan fingerprint density at radius 1 is 1.35 bits per heavy atom. The van der Waals surface area contributed by atoms with Crippen molar-refractivity contribution in [3.8, 4) is 0 Å². The second kappa shape index (κ2) is 6.10. The fraction of sp³-hybridized carbons (Fsp3) is 0.688. The van der Waals surface area contributed by atoms with Crippen molar-refractivity contribution in [1.29, 1.82) is 0 Å². The molecule has 3 rings (SSSR count). The lowest BCUT2D eigenvalue weighted by molar-refractivity contribution is 0.115. The number of pyridine rings is 1. The Labute approximate surface area is 122 Å². The van der Waals surface area contributed by atoms with Gasteiger partial charge in [0.25, 0.3) is 0 Å². The van der Waals surface area contributed by atoms with Gasteiger partial charge in [0, 0.05) is 37.9 Å². The molecular formula is C16H26N4. The number of nitrogens with one attached hydrogen (secondary N) is 1. The first kappa shape index (κ1) is 13.8. The average Bonchev–Trinajstić information content (AvgIpc) is 2.48. The summed E-state index contributed by atoms with van der Waals surface area (Å²) in [5.74, 6) is 0. The summed E-state index contributed by atoms with van der Waals surface area (Å²) in [5.41, 5.74) is 2.68. The first-order chi connectivity index (χ1) is 9.79. The van der Waals surface area contributed by atoms with Crippen LogP contribution in [0.3, 0.4) is 0 Å². The molecule has 2 unspecified atom stereocenters. The van der Waals surface area contributed by atoms with Gasteiger partial charge in [-0.3, -0.25) is 9.88 Å². The number of hydrogen-bond donors (Lipinski definition) is 1. The van der Waals surface area contributed by atoms with Gasteiger partial charge in [-0.15, -0.1) is 0 Å². The monoisotopic (exact) mass is 274 g/mol. The minimum atomic E-state index is 0.573. The second-order valence-corrected chi connectivity index (χ2v) is 6.18. The number of aromatic nitrogens is 1. The van der Waals surface area contributed by atoms with E-state index in [9.17, 15) is 0 Å². The summed E-state index contributed by atoms with van der Waals surface area (Å²) >= 11 is 0. The van der Waals surface area contributed by atoms with Crippen molar-refractivity contribution >= 4 is 5.69 Å². The van der Waals surface area contributed by atoms with Crippen molar-refractivity contribution in [2.24, 2.45) is 0 Å². The summed E-state index contributed by atoms with van der Waals surface area (Å²) < 4.78 is 0. The molecule has 2 aliphatic heterocycles. The van der Waals surface area contributed by atoms with E-state index in [2.05, 4.69) is 33.1 Å². The van der Waals surface area contributed by atoms with E-state index in [4.69, 9.17) is 0 Å². The molecule has 1 N–H and O–H groups in total. The Balaban J connectivity index is 1.82. The minimum absolute atomic E-state index is 0.573. The average molecular weight is 274 g/mol. The van der Waals surface area contributed by atoms with Crippen LogP contribution in [0.25, 0.3) is 0 Å². The van der Waals surface area contributed by atoms with E-state index >= 15 is 0 Å². The van der Waals surface area contributed by atoms with Gasteiger partial charge in [-0.1, -0.05) is 6.42 Å².